The maximum Gasteiger partial charge on any atom is 0.274 e. The summed E-state index contributed by atoms with van der Waals surface area (Å²) in [7, 11) is 1.62. The second-order valence-corrected chi connectivity index (χ2v) is 5.89. The van der Waals surface area contributed by atoms with Crippen LogP contribution in [0.1, 0.15) is 10.4 Å². The minimum Gasteiger partial charge on any atom is -0.378 e. The summed E-state index contributed by atoms with van der Waals surface area (Å²) in [5.41, 5.74) is 0.612. The number of pyridine rings is 2. The smallest absolute Gasteiger partial charge is 0.274 e. The Kier molecular flexibility index (Phi) is 4.82. The van der Waals surface area contributed by atoms with Crippen LogP contribution < -0.4 is 10.9 Å². The van der Waals surface area contributed by atoms with Gasteiger partial charge in [-0.05, 0) is 18.2 Å². The molecule has 7 nitrogen and oxygen atoms in total. The van der Waals surface area contributed by atoms with Crippen LogP contribution in [0.4, 0.5) is 11.5 Å². The van der Waals surface area contributed by atoms with Gasteiger partial charge < -0.3 is 19.5 Å². The third kappa shape index (κ3) is 3.58. The molecule has 0 aromatic carbocycles. The third-order valence-corrected chi connectivity index (χ3v) is 3.93. The van der Waals surface area contributed by atoms with Gasteiger partial charge in [-0.15, -0.1) is 0 Å². The molecule has 3 heterocycles. The summed E-state index contributed by atoms with van der Waals surface area (Å²) in [5.74, 6) is 0.393. The summed E-state index contributed by atoms with van der Waals surface area (Å²) < 4.78 is 6.63. The van der Waals surface area contributed by atoms with Gasteiger partial charge in [-0.2, -0.15) is 0 Å². The highest BCUT2D eigenvalue weighted by Crippen LogP contribution is 2.16. The minimum atomic E-state index is -0.213. The van der Waals surface area contributed by atoms with Gasteiger partial charge in [0.15, 0.2) is 0 Å². The molecule has 2 aromatic rings. The number of nitrogens with one attached hydrogen (secondary N) is 1. The number of anilines is 2. The van der Waals surface area contributed by atoms with Crippen molar-refractivity contribution in [2.75, 3.05) is 31.6 Å². The van der Waals surface area contributed by atoms with Gasteiger partial charge in [0.05, 0.1) is 23.8 Å². The van der Waals surface area contributed by atoms with E-state index in [9.17, 15) is 9.59 Å². The number of aryl methyl sites for hydroxylation is 1. The quantitative estimate of drug-likeness (QED) is 0.912. The molecule has 1 amide bonds. The van der Waals surface area contributed by atoms with Crippen molar-refractivity contribution in [3.63, 3.8) is 0 Å². The predicted molar refractivity (Wildman–Crippen MR) is 90.9 cm³/mol. The van der Waals surface area contributed by atoms with E-state index < -0.39 is 0 Å². The molecule has 24 heavy (non-hydrogen) atoms. The molecule has 1 aliphatic rings. The van der Waals surface area contributed by atoms with Gasteiger partial charge in [-0.25, -0.2) is 4.98 Å². The van der Waals surface area contributed by atoms with Crippen molar-refractivity contribution >= 4 is 29.0 Å². The Morgan fingerprint density at radius 2 is 2.08 bits per heavy atom. The van der Waals surface area contributed by atoms with E-state index in [2.05, 4.69) is 10.3 Å². The normalized spacial score (nSPS) is 14.5. The molecule has 0 unspecified atom stereocenters. The maximum absolute atomic E-state index is 12.4. The SMILES string of the molecule is Cn1cc(Cl)cc(Nc2ccc(C(=O)N3CCOCC3)cn2)c1=O. The molecule has 0 bridgehead atoms. The summed E-state index contributed by atoms with van der Waals surface area (Å²) in [6, 6.07) is 4.88. The van der Waals surface area contributed by atoms with E-state index in [0.29, 0.717) is 48.4 Å². The molecule has 1 N–H and O–H groups in total. The van der Waals surface area contributed by atoms with Crippen LogP contribution >= 0.6 is 11.6 Å². The van der Waals surface area contributed by atoms with Crippen LogP contribution in [0.2, 0.25) is 5.02 Å². The number of carbonyl (C=O) groups is 1. The second-order valence-electron chi connectivity index (χ2n) is 5.45. The van der Waals surface area contributed by atoms with Crippen LogP contribution in [0.25, 0.3) is 0 Å². The molecule has 1 fully saturated rings. The van der Waals surface area contributed by atoms with E-state index in [1.54, 1.807) is 30.1 Å². The molecular formula is C16H17ClN4O3. The van der Waals surface area contributed by atoms with Gasteiger partial charge in [0.1, 0.15) is 11.5 Å². The lowest BCUT2D eigenvalue weighted by atomic mass is 10.2. The largest absolute Gasteiger partial charge is 0.378 e. The van der Waals surface area contributed by atoms with Crippen molar-refractivity contribution < 1.29 is 9.53 Å². The van der Waals surface area contributed by atoms with E-state index in [1.807, 2.05) is 0 Å². The Labute approximate surface area is 143 Å². The standard InChI is InChI=1S/C16H17ClN4O3/c1-20-10-12(17)8-13(16(20)23)19-14-3-2-11(9-18-14)15(22)21-4-6-24-7-5-21/h2-3,8-10H,4-7H2,1H3,(H,18,19). The van der Waals surface area contributed by atoms with Gasteiger partial charge in [-0.1, -0.05) is 11.6 Å². The molecule has 0 spiro atoms. The number of morpholine rings is 1. The first-order valence-electron chi connectivity index (χ1n) is 7.51. The van der Waals surface area contributed by atoms with Gasteiger partial charge in [0.2, 0.25) is 0 Å². The van der Waals surface area contributed by atoms with Gasteiger partial charge in [0.25, 0.3) is 11.5 Å². The molecular weight excluding hydrogens is 332 g/mol. The highest BCUT2D eigenvalue weighted by molar-refractivity contribution is 6.30. The Hall–Kier alpha value is -2.38. The molecule has 126 valence electrons. The number of hydrogen-bond donors (Lipinski definition) is 1. The van der Waals surface area contributed by atoms with Crippen LogP contribution in [0.3, 0.4) is 0 Å². The average Bonchev–Trinajstić information content (AvgIpc) is 2.60. The molecule has 0 aliphatic carbocycles. The second kappa shape index (κ2) is 7.02. The van der Waals surface area contributed by atoms with Crippen molar-refractivity contribution in [1.29, 1.82) is 0 Å². The maximum atomic E-state index is 12.4. The summed E-state index contributed by atoms with van der Waals surface area (Å²) in [6.45, 7) is 2.27. The van der Waals surface area contributed by atoms with Crippen LogP contribution in [-0.4, -0.2) is 46.7 Å². The number of aromatic nitrogens is 2. The lowest BCUT2D eigenvalue weighted by molar-refractivity contribution is 0.0302. The van der Waals surface area contributed by atoms with E-state index in [1.165, 1.54) is 17.0 Å². The molecule has 8 heteroatoms. The molecule has 3 rings (SSSR count). The number of hydrogen-bond acceptors (Lipinski definition) is 5. The Morgan fingerprint density at radius 1 is 1.33 bits per heavy atom. The number of nitrogens with zero attached hydrogens (tertiary/aromatic N) is 3. The van der Waals surface area contributed by atoms with Gasteiger partial charge in [0, 0.05) is 32.5 Å². The van der Waals surface area contributed by atoms with Crippen LogP contribution in [0.15, 0.2) is 35.4 Å². The number of amides is 1. The zero-order chi connectivity index (χ0) is 17.1. The Balaban J connectivity index is 1.75. The lowest BCUT2D eigenvalue weighted by Crippen LogP contribution is -2.40. The fourth-order valence-corrected chi connectivity index (χ4v) is 2.70. The molecule has 1 saturated heterocycles. The molecule has 1 aliphatic heterocycles. The monoisotopic (exact) mass is 348 g/mol. The number of halogens is 1. The first-order chi connectivity index (χ1) is 11.5. The molecule has 0 atom stereocenters. The number of carbonyl (C=O) groups excluding carboxylic acids is 1. The van der Waals surface area contributed by atoms with Gasteiger partial charge in [-0.3, -0.25) is 9.59 Å². The number of rotatable bonds is 3. The van der Waals surface area contributed by atoms with Crippen molar-refractivity contribution in [2.24, 2.45) is 7.05 Å². The van der Waals surface area contributed by atoms with E-state index >= 15 is 0 Å². The predicted octanol–water partition coefficient (Wildman–Crippen LogP) is 1.65. The first-order valence-corrected chi connectivity index (χ1v) is 7.88. The first kappa shape index (κ1) is 16.5. The zero-order valence-corrected chi connectivity index (χ0v) is 13.9. The summed E-state index contributed by atoms with van der Waals surface area (Å²) in [6.07, 6.45) is 3.03. The molecule has 2 aromatic heterocycles. The number of ether oxygens (including phenoxy) is 1. The topological polar surface area (TPSA) is 76.5 Å². The van der Waals surface area contributed by atoms with Gasteiger partial charge >= 0.3 is 0 Å². The fourth-order valence-electron chi connectivity index (χ4n) is 2.44. The zero-order valence-electron chi connectivity index (χ0n) is 13.2. The summed E-state index contributed by atoms with van der Waals surface area (Å²) in [5, 5.41) is 3.37. The van der Waals surface area contributed by atoms with Crippen LogP contribution in [-0.2, 0) is 11.8 Å². The highest BCUT2D eigenvalue weighted by Gasteiger charge is 2.18. The van der Waals surface area contributed by atoms with E-state index in [4.69, 9.17) is 16.3 Å². The Bertz CT molecular complexity index is 798. The third-order valence-electron chi connectivity index (χ3n) is 3.72. The van der Waals surface area contributed by atoms with Crippen LogP contribution in [0.5, 0.6) is 0 Å². The Morgan fingerprint density at radius 3 is 2.75 bits per heavy atom. The van der Waals surface area contributed by atoms with Crippen molar-refractivity contribution in [3.05, 3.63) is 51.5 Å². The lowest BCUT2D eigenvalue weighted by Gasteiger charge is -2.26. The van der Waals surface area contributed by atoms with E-state index in [0.717, 1.165) is 0 Å². The van der Waals surface area contributed by atoms with Crippen molar-refractivity contribution in [3.8, 4) is 0 Å². The minimum absolute atomic E-state index is 0.0731. The van der Waals surface area contributed by atoms with Crippen molar-refractivity contribution in [2.45, 2.75) is 0 Å². The van der Waals surface area contributed by atoms with Crippen LogP contribution in [0, 0.1) is 0 Å². The van der Waals surface area contributed by atoms with E-state index in [-0.39, 0.29) is 11.5 Å². The van der Waals surface area contributed by atoms with Crippen molar-refractivity contribution in [1.82, 2.24) is 14.5 Å². The summed E-state index contributed by atoms with van der Waals surface area (Å²) >= 11 is 5.96. The molecule has 0 radical (unpaired) electrons. The fraction of sp³-hybridized carbons (Fsp3) is 0.312. The molecule has 0 saturated carbocycles. The summed E-state index contributed by atoms with van der Waals surface area (Å²) in [4.78, 5) is 30.3. The highest BCUT2D eigenvalue weighted by atomic mass is 35.5. The average molecular weight is 349 g/mol.